The van der Waals surface area contributed by atoms with Crippen LogP contribution in [0.15, 0.2) is 0 Å². The third-order valence-corrected chi connectivity index (χ3v) is 5.59. The number of hydrogen-bond acceptors (Lipinski definition) is 5. The fraction of sp³-hybridized carbons (Fsp3) is 1.00. The zero-order chi connectivity index (χ0) is 22.1. The minimum atomic E-state index is -0.913. The summed E-state index contributed by atoms with van der Waals surface area (Å²) in [6.45, 7) is 17.1. The van der Waals surface area contributed by atoms with Gasteiger partial charge in [-0.1, -0.05) is 54.4 Å². The lowest BCUT2D eigenvalue weighted by Crippen LogP contribution is -2.33. The van der Waals surface area contributed by atoms with Gasteiger partial charge in [0.1, 0.15) is 0 Å². The molecule has 0 aliphatic rings. The molecule has 4 unspecified atom stereocenters. The van der Waals surface area contributed by atoms with Crippen molar-refractivity contribution in [3.8, 4) is 0 Å². The highest BCUT2D eigenvalue weighted by atomic mass is 17.1. The van der Waals surface area contributed by atoms with Crippen molar-refractivity contribution < 1.29 is 24.4 Å². The summed E-state index contributed by atoms with van der Waals surface area (Å²) < 4.78 is 18.0. The average Bonchev–Trinajstić information content (AvgIpc) is 2.71. The smallest absolute Gasteiger partial charge is 0.198 e. The van der Waals surface area contributed by atoms with E-state index in [2.05, 4.69) is 46.4 Å². The molecule has 5 nitrogen and oxygen atoms in total. The first-order valence-corrected chi connectivity index (χ1v) is 12.0. The Morgan fingerprint density at radius 2 is 1.52 bits per heavy atom. The number of unbranched alkanes of at least 4 members (excludes halogenated alkanes) is 1. The molecular formula is C24H50O5. The van der Waals surface area contributed by atoms with Gasteiger partial charge in [0.05, 0.1) is 6.61 Å². The molecule has 0 radical (unpaired) electrons. The summed E-state index contributed by atoms with van der Waals surface area (Å²) in [6, 6.07) is 0. The molecule has 0 rings (SSSR count). The van der Waals surface area contributed by atoms with Crippen LogP contribution in [0.25, 0.3) is 0 Å². The SMILES string of the molecule is CCCCC(C)(OO)OCC(C)CCC(OCCCC(C)C)OCCC(C)CC. The molecule has 0 amide bonds. The summed E-state index contributed by atoms with van der Waals surface area (Å²) in [7, 11) is 0. The van der Waals surface area contributed by atoms with E-state index in [1.54, 1.807) is 6.92 Å². The highest BCUT2D eigenvalue weighted by molar-refractivity contribution is 4.64. The zero-order valence-electron chi connectivity index (χ0n) is 20.4. The van der Waals surface area contributed by atoms with Gasteiger partial charge in [-0.3, -0.25) is 0 Å². The molecule has 0 aliphatic heterocycles. The van der Waals surface area contributed by atoms with Gasteiger partial charge in [-0.2, -0.15) is 0 Å². The Morgan fingerprint density at radius 3 is 2.10 bits per heavy atom. The van der Waals surface area contributed by atoms with Crippen LogP contribution in [0.4, 0.5) is 0 Å². The molecule has 0 spiro atoms. The van der Waals surface area contributed by atoms with Gasteiger partial charge in [0.25, 0.3) is 0 Å². The summed E-state index contributed by atoms with van der Waals surface area (Å²) in [5, 5.41) is 9.20. The van der Waals surface area contributed by atoms with Gasteiger partial charge in [-0.25, -0.2) is 10.1 Å². The molecule has 5 heteroatoms. The van der Waals surface area contributed by atoms with Gasteiger partial charge in [0.15, 0.2) is 12.1 Å². The molecule has 0 saturated carbocycles. The number of rotatable bonds is 20. The second-order valence-corrected chi connectivity index (χ2v) is 9.33. The van der Waals surface area contributed by atoms with Crippen molar-refractivity contribution >= 4 is 0 Å². The largest absolute Gasteiger partial charge is 0.353 e. The molecular weight excluding hydrogens is 368 g/mol. The normalized spacial score (nSPS) is 17.3. The second kappa shape index (κ2) is 17.5. The molecule has 4 atom stereocenters. The Bertz CT molecular complexity index is 363. The van der Waals surface area contributed by atoms with E-state index in [1.807, 2.05) is 0 Å². The van der Waals surface area contributed by atoms with Crippen LogP contribution in [-0.4, -0.2) is 37.2 Å². The quantitative estimate of drug-likeness (QED) is 0.0993. The van der Waals surface area contributed by atoms with Crippen molar-refractivity contribution in [2.45, 2.75) is 118 Å². The van der Waals surface area contributed by atoms with Gasteiger partial charge in [-0.15, -0.1) is 0 Å². The fourth-order valence-corrected chi connectivity index (χ4v) is 2.99. The topological polar surface area (TPSA) is 57.2 Å². The zero-order valence-corrected chi connectivity index (χ0v) is 20.4. The standard InChI is InChI=1S/C24H50O5/c1-8-10-16-24(7,29-25)28-19-22(6)13-14-23(26-17-11-12-20(3)4)27-18-15-21(5)9-2/h20-23,25H,8-19H2,1-7H3. The van der Waals surface area contributed by atoms with E-state index in [0.29, 0.717) is 30.8 Å². The first-order valence-electron chi connectivity index (χ1n) is 12.0. The van der Waals surface area contributed by atoms with Crippen molar-refractivity contribution in [1.82, 2.24) is 0 Å². The van der Waals surface area contributed by atoms with E-state index < -0.39 is 5.79 Å². The van der Waals surface area contributed by atoms with Gasteiger partial charge in [0, 0.05) is 19.6 Å². The Balaban J connectivity index is 4.36. The monoisotopic (exact) mass is 418 g/mol. The third kappa shape index (κ3) is 16.2. The molecule has 0 aromatic carbocycles. The van der Waals surface area contributed by atoms with Gasteiger partial charge < -0.3 is 14.2 Å². The van der Waals surface area contributed by atoms with Crippen LogP contribution in [0.1, 0.15) is 106 Å². The van der Waals surface area contributed by atoms with Gasteiger partial charge >= 0.3 is 0 Å². The van der Waals surface area contributed by atoms with Crippen LogP contribution in [-0.2, 0) is 19.1 Å². The maximum Gasteiger partial charge on any atom is 0.198 e. The lowest BCUT2D eigenvalue weighted by Gasteiger charge is -2.28. The molecule has 0 fully saturated rings. The van der Waals surface area contributed by atoms with Crippen molar-refractivity contribution in [3.63, 3.8) is 0 Å². The summed E-state index contributed by atoms with van der Waals surface area (Å²) in [6.07, 6.45) is 8.87. The molecule has 0 heterocycles. The van der Waals surface area contributed by atoms with E-state index in [1.165, 1.54) is 12.8 Å². The highest BCUT2D eigenvalue weighted by Gasteiger charge is 2.26. The second-order valence-electron chi connectivity index (χ2n) is 9.33. The summed E-state index contributed by atoms with van der Waals surface area (Å²) in [4.78, 5) is 4.62. The first kappa shape index (κ1) is 28.8. The third-order valence-electron chi connectivity index (χ3n) is 5.59. The van der Waals surface area contributed by atoms with E-state index in [-0.39, 0.29) is 6.29 Å². The predicted molar refractivity (Wildman–Crippen MR) is 120 cm³/mol. The minimum Gasteiger partial charge on any atom is -0.353 e. The van der Waals surface area contributed by atoms with E-state index in [4.69, 9.17) is 14.2 Å². The van der Waals surface area contributed by atoms with Crippen LogP contribution in [0.3, 0.4) is 0 Å². The Morgan fingerprint density at radius 1 is 0.828 bits per heavy atom. The number of ether oxygens (including phenoxy) is 3. The van der Waals surface area contributed by atoms with Crippen LogP contribution in [0.2, 0.25) is 0 Å². The Hall–Kier alpha value is -0.200. The van der Waals surface area contributed by atoms with Crippen molar-refractivity contribution in [2.24, 2.45) is 17.8 Å². The van der Waals surface area contributed by atoms with Gasteiger partial charge in [0.2, 0.25) is 0 Å². The summed E-state index contributed by atoms with van der Waals surface area (Å²) >= 11 is 0. The predicted octanol–water partition coefficient (Wildman–Crippen LogP) is 7.05. The molecule has 0 bridgehead atoms. The molecule has 0 aliphatic carbocycles. The Kier molecular flexibility index (Phi) is 17.4. The maximum atomic E-state index is 9.20. The first-order chi connectivity index (χ1) is 13.8. The molecule has 1 N–H and O–H groups in total. The van der Waals surface area contributed by atoms with Crippen molar-refractivity contribution in [2.75, 3.05) is 19.8 Å². The lowest BCUT2D eigenvalue weighted by molar-refractivity contribution is -0.401. The number of hydrogen-bond donors (Lipinski definition) is 1. The van der Waals surface area contributed by atoms with Gasteiger partial charge in [-0.05, 0) is 63.2 Å². The molecule has 29 heavy (non-hydrogen) atoms. The van der Waals surface area contributed by atoms with Crippen molar-refractivity contribution in [1.29, 1.82) is 0 Å². The summed E-state index contributed by atoms with van der Waals surface area (Å²) in [5.74, 6) is 0.814. The summed E-state index contributed by atoms with van der Waals surface area (Å²) in [5.41, 5.74) is 0. The minimum absolute atomic E-state index is 0.144. The fourth-order valence-electron chi connectivity index (χ4n) is 2.99. The molecule has 0 saturated heterocycles. The molecule has 0 aromatic rings. The van der Waals surface area contributed by atoms with Crippen LogP contribution in [0, 0.1) is 17.8 Å². The van der Waals surface area contributed by atoms with E-state index in [0.717, 1.165) is 51.7 Å². The van der Waals surface area contributed by atoms with Crippen LogP contribution >= 0.6 is 0 Å². The molecule has 0 aromatic heterocycles. The maximum absolute atomic E-state index is 9.20. The Labute approximate surface area is 180 Å². The average molecular weight is 419 g/mol. The van der Waals surface area contributed by atoms with E-state index >= 15 is 0 Å². The highest BCUT2D eigenvalue weighted by Crippen LogP contribution is 2.22. The lowest BCUT2D eigenvalue weighted by atomic mass is 10.1. The van der Waals surface area contributed by atoms with Crippen LogP contribution < -0.4 is 0 Å². The van der Waals surface area contributed by atoms with E-state index in [9.17, 15) is 5.26 Å². The van der Waals surface area contributed by atoms with Crippen molar-refractivity contribution in [3.05, 3.63) is 0 Å². The molecule has 176 valence electrons. The van der Waals surface area contributed by atoms with Crippen LogP contribution in [0.5, 0.6) is 0 Å².